The summed E-state index contributed by atoms with van der Waals surface area (Å²) in [6.45, 7) is 4.98. The number of benzene rings is 1. The number of ether oxygens (including phenoxy) is 1. The molecule has 0 amide bonds. The van der Waals surface area contributed by atoms with Gasteiger partial charge in [0.2, 0.25) is 0 Å². The maximum absolute atomic E-state index is 13.4. The number of allylic oxidation sites excluding steroid dienone is 9. The molecule has 1 aromatic carbocycles. The molecule has 0 spiro atoms. The third-order valence-corrected chi connectivity index (χ3v) is 12.0. The third kappa shape index (κ3) is 9.21. The van der Waals surface area contributed by atoms with Crippen LogP contribution in [0.25, 0.3) is 0 Å². The Kier molecular flexibility index (Phi) is 11.2. The minimum Gasteiger partial charge on any atom is -0.479 e. The van der Waals surface area contributed by atoms with Crippen molar-refractivity contribution in [1.29, 1.82) is 0 Å². The van der Waals surface area contributed by atoms with Crippen molar-refractivity contribution >= 4 is 29.1 Å². The van der Waals surface area contributed by atoms with Gasteiger partial charge in [-0.2, -0.15) is 13.2 Å². The molecule has 1 aromatic heterocycles. The summed E-state index contributed by atoms with van der Waals surface area (Å²) in [5, 5.41) is 20.4. The van der Waals surface area contributed by atoms with E-state index in [4.69, 9.17) is 14.8 Å². The summed E-state index contributed by atoms with van der Waals surface area (Å²) < 4.78 is 61.4. The topological polar surface area (TPSA) is 79.7 Å². The molecule has 1 heterocycles. The molecule has 4 rings (SSSR count). The molecule has 0 saturated carbocycles. The first-order valence-electron chi connectivity index (χ1n) is 13.4. The molecule has 0 fully saturated rings. The smallest absolute Gasteiger partial charge is 0.479 e. The zero-order chi connectivity index (χ0) is 31.3. The van der Waals surface area contributed by atoms with Crippen molar-refractivity contribution in [2.24, 2.45) is 5.92 Å². The molecule has 2 aromatic rings. The van der Waals surface area contributed by atoms with Crippen LogP contribution in [0.3, 0.4) is 0 Å². The van der Waals surface area contributed by atoms with Crippen molar-refractivity contribution in [2.45, 2.75) is 62.0 Å². The molecule has 0 saturated heterocycles. The second-order valence-corrected chi connectivity index (χ2v) is 15.0. The van der Waals surface area contributed by atoms with Crippen molar-refractivity contribution < 1.29 is 58.5 Å². The van der Waals surface area contributed by atoms with Crippen molar-refractivity contribution in [3.8, 4) is 5.75 Å². The number of nitrogens with zero attached hydrogens (tertiary/aromatic N) is 1. The fourth-order valence-electron chi connectivity index (χ4n) is 4.55. The fourth-order valence-corrected chi connectivity index (χ4v) is 9.23. The van der Waals surface area contributed by atoms with Crippen LogP contribution in [0.5, 0.6) is 5.75 Å². The number of hydrogen-bond acceptors (Lipinski definition) is 6. The Labute approximate surface area is 266 Å². The first-order valence-corrected chi connectivity index (χ1v) is 17.4. The summed E-state index contributed by atoms with van der Waals surface area (Å²) in [7, 11) is 0. The number of hydrogen-bond donors (Lipinski definition) is 2. The van der Waals surface area contributed by atoms with E-state index in [1.54, 1.807) is 25.1 Å². The van der Waals surface area contributed by atoms with Gasteiger partial charge in [-0.05, 0) is 0 Å². The standard InChI is InChI=1S/C31H31F4INO4S2/c1-17-12-20(31(33,34)35)4-10-25(17)30-37-19(3)29(43-30)27(14-23(38)15-36-22-7-5-21(32)6-8-22)42-24-9-11-26(18(2)13-24)41-16-28(39)40/h4-5,7-13,15,17,21,25,27,38H,6,14,16H2,1-3H3,(H,39,40)/q-1/b23-15-. The Morgan fingerprint density at radius 2 is 2.02 bits per heavy atom. The Morgan fingerprint density at radius 1 is 1.26 bits per heavy atom. The molecular formula is C31H31F4INO4S2-. The molecular weight excluding hydrogens is 717 g/mol. The number of alkyl halides is 4. The van der Waals surface area contributed by atoms with Crippen LogP contribution in [0.15, 0.2) is 78.5 Å². The normalized spacial score (nSPS) is 21.5. The number of thioether (sulfide) groups is 1. The molecule has 2 aliphatic rings. The van der Waals surface area contributed by atoms with Gasteiger partial charge in [-0.1, -0.05) is 0 Å². The van der Waals surface area contributed by atoms with Gasteiger partial charge in [0.1, 0.15) is 0 Å². The van der Waals surface area contributed by atoms with Crippen LogP contribution in [-0.2, 0) is 4.79 Å². The molecule has 0 bridgehead atoms. The quantitative estimate of drug-likeness (QED) is 0.129. The number of thiazole rings is 1. The molecule has 5 nitrogen and oxygen atoms in total. The second kappa shape index (κ2) is 14.5. The number of carboxylic acids is 1. The molecule has 0 radical (unpaired) electrons. The van der Waals surface area contributed by atoms with Crippen LogP contribution < -0.4 is 25.9 Å². The van der Waals surface area contributed by atoms with Crippen molar-refractivity contribution in [1.82, 2.24) is 4.98 Å². The van der Waals surface area contributed by atoms with Crippen LogP contribution in [-0.4, -0.2) is 40.1 Å². The molecule has 4 unspecified atom stereocenters. The minimum atomic E-state index is -4.41. The zero-order valence-corrected chi connectivity index (χ0v) is 27.4. The molecule has 43 heavy (non-hydrogen) atoms. The SMILES string of the molecule is Cc1cc(SC(C/C(O)=C/[I-]C2=CCC(F)C=C2)c2sc(C3C=CC(C(F)(F)F)=CC3C)nc2C)ccc1OCC(=O)O. The number of carboxylic acid groups (broad SMARTS) is 1. The summed E-state index contributed by atoms with van der Waals surface area (Å²) in [5.41, 5.74) is 0.844. The summed E-state index contributed by atoms with van der Waals surface area (Å²) in [4.78, 5) is 17.5. The predicted molar refractivity (Wildman–Crippen MR) is 157 cm³/mol. The van der Waals surface area contributed by atoms with Gasteiger partial charge in [-0.3, -0.25) is 0 Å². The van der Waals surface area contributed by atoms with E-state index in [1.165, 1.54) is 35.3 Å². The first-order chi connectivity index (χ1) is 20.3. The Balaban J connectivity index is 1.59. The number of halogens is 5. The maximum atomic E-state index is 13.4. The van der Waals surface area contributed by atoms with Crippen LogP contribution in [0.4, 0.5) is 17.6 Å². The van der Waals surface area contributed by atoms with E-state index in [0.29, 0.717) is 23.6 Å². The van der Waals surface area contributed by atoms with Gasteiger partial charge in [0, 0.05) is 0 Å². The number of aryl methyl sites for hydroxylation is 2. The molecule has 12 heteroatoms. The van der Waals surface area contributed by atoms with Crippen LogP contribution in [0.2, 0.25) is 0 Å². The Morgan fingerprint density at radius 3 is 2.65 bits per heavy atom. The number of aliphatic carboxylic acids is 1. The fraction of sp³-hybridized carbons (Fsp3) is 0.355. The summed E-state index contributed by atoms with van der Waals surface area (Å²) >= 11 is 2.28. The number of aliphatic hydroxyl groups excluding tert-OH is 1. The van der Waals surface area contributed by atoms with E-state index in [9.17, 15) is 27.5 Å². The van der Waals surface area contributed by atoms with Crippen molar-refractivity contribution in [2.75, 3.05) is 6.61 Å². The van der Waals surface area contributed by atoms with Gasteiger partial charge >= 0.3 is 245 Å². The van der Waals surface area contributed by atoms with E-state index in [1.807, 2.05) is 36.1 Å². The summed E-state index contributed by atoms with van der Waals surface area (Å²) in [6.07, 6.45) is 4.32. The van der Waals surface area contributed by atoms with Gasteiger partial charge in [-0.25, -0.2) is 4.79 Å². The van der Waals surface area contributed by atoms with Gasteiger partial charge in [0.05, 0.1) is 0 Å². The summed E-state index contributed by atoms with van der Waals surface area (Å²) in [6, 6.07) is 5.43. The van der Waals surface area contributed by atoms with E-state index < -0.39 is 57.6 Å². The average molecular weight is 749 g/mol. The molecule has 4 atom stereocenters. The molecule has 0 aliphatic heterocycles. The molecule has 2 N–H and O–H groups in total. The average Bonchev–Trinajstić information content (AvgIpc) is 3.32. The molecule has 2 aliphatic carbocycles. The zero-order valence-electron chi connectivity index (χ0n) is 23.6. The number of carbonyl (C=O) groups is 1. The van der Waals surface area contributed by atoms with Crippen molar-refractivity contribution in [3.63, 3.8) is 0 Å². The van der Waals surface area contributed by atoms with Crippen molar-refractivity contribution in [3.05, 3.63) is 94.8 Å². The van der Waals surface area contributed by atoms with Gasteiger partial charge in [0.25, 0.3) is 0 Å². The third-order valence-electron chi connectivity index (χ3n) is 6.73. The Hall–Kier alpha value is -2.58. The Bertz CT molecular complexity index is 1490. The van der Waals surface area contributed by atoms with Gasteiger partial charge in [0.15, 0.2) is 0 Å². The summed E-state index contributed by atoms with van der Waals surface area (Å²) in [5.74, 6) is -1.11. The van der Waals surface area contributed by atoms with Crippen LogP contribution >= 0.6 is 23.1 Å². The van der Waals surface area contributed by atoms with Gasteiger partial charge < -0.3 is 5.11 Å². The van der Waals surface area contributed by atoms with Crippen LogP contribution in [0.1, 0.15) is 52.1 Å². The van der Waals surface area contributed by atoms with Gasteiger partial charge in [-0.15, -0.1) is 0 Å². The number of aliphatic hydroxyl groups is 1. The second-order valence-electron chi connectivity index (χ2n) is 10.2. The van der Waals surface area contributed by atoms with E-state index in [0.717, 1.165) is 30.7 Å². The molecule has 232 valence electrons. The minimum absolute atomic E-state index is 0.207. The van der Waals surface area contributed by atoms with E-state index in [-0.39, 0.29) is 16.9 Å². The monoisotopic (exact) mass is 748 g/mol. The van der Waals surface area contributed by atoms with E-state index >= 15 is 0 Å². The number of aromatic nitrogens is 1. The first kappa shape index (κ1) is 33.3. The van der Waals surface area contributed by atoms with E-state index in [2.05, 4.69) is 0 Å². The van der Waals surface area contributed by atoms with Crippen LogP contribution in [0, 0.1) is 19.8 Å². The number of rotatable bonds is 11. The predicted octanol–water partition coefficient (Wildman–Crippen LogP) is 5.90.